The Morgan fingerprint density at radius 3 is 2.62 bits per heavy atom. The second kappa shape index (κ2) is 9.76. The summed E-state index contributed by atoms with van der Waals surface area (Å²) in [6, 6.07) is 19.7. The van der Waals surface area contributed by atoms with Gasteiger partial charge in [-0.3, -0.25) is 9.69 Å². The number of thioether (sulfide) groups is 1. The van der Waals surface area contributed by atoms with Gasteiger partial charge in [0.2, 0.25) is 0 Å². The fourth-order valence-corrected chi connectivity index (χ4v) is 4.80. The standard InChI is InChI=1S/C26H25NO3S2/c1-4-17(3)30-22-14-13-18(15-23(22)29-5-2)16-24-25(28)27(26(31)32-24)21-12-8-10-19-9-6-7-11-20(19)21/h6-17H,4-5H2,1-3H3/b24-16-/t17-/m0/s1. The van der Waals surface area contributed by atoms with E-state index in [2.05, 4.69) is 6.92 Å². The number of thiocarbonyl (C=S) groups is 1. The molecule has 1 aliphatic rings. The Labute approximate surface area is 198 Å². The summed E-state index contributed by atoms with van der Waals surface area (Å²) in [6.45, 7) is 6.58. The number of carbonyl (C=O) groups excluding carboxylic acids is 1. The van der Waals surface area contributed by atoms with Crippen molar-refractivity contribution >= 4 is 56.7 Å². The molecule has 164 valence electrons. The summed E-state index contributed by atoms with van der Waals surface area (Å²) in [7, 11) is 0. The molecule has 1 amide bonds. The van der Waals surface area contributed by atoms with Crippen LogP contribution in [-0.2, 0) is 4.79 Å². The van der Waals surface area contributed by atoms with Crippen molar-refractivity contribution in [2.24, 2.45) is 0 Å². The highest BCUT2D eigenvalue weighted by molar-refractivity contribution is 8.27. The Morgan fingerprint density at radius 1 is 1.06 bits per heavy atom. The van der Waals surface area contributed by atoms with Gasteiger partial charge in [-0.15, -0.1) is 0 Å². The Morgan fingerprint density at radius 2 is 1.84 bits per heavy atom. The van der Waals surface area contributed by atoms with Crippen LogP contribution < -0.4 is 14.4 Å². The van der Waals surface area contributed by atoms with Crippen molar-refractivity contribution in [3.05, 3.63) is 71.1 Å². The van der Waals surface area contributed by atoms with Gasteiger partial charge in [-0.25, -0.2) is 0 Å². The number of hydrogen-bond donors (Lipinski definition) is 0. The highest BCUT2D eigenvalue weighted by atomic mass is 32.2. The Hall–Kier alpha value is -2.83. The summed E-state index contributed by atoms with van der Waals surface area (Å²) in [5, 5.41) is 2.07. The number of nitrogens with zero attached hydrogens (tertiary/aromatic N) is 1. The predicted molar refractivity (Wildman–Crippen MR) is 138 cm³/mol. The minimum atomic E-state index is -0.116. The molecule has 0 bridgehead atoms. The van der Waals surface area contributed by atoms with Gasteiger partial charge in [0.1, 0.15) is 0 Å². The van der Waals surface area contributed by atoms with E-state index in [1.807, 2.05) is 80.6 Å². The number of ether oxygens (including phenoxy) is 2. The number of amides is 1. The molecule has 0 aromatic heterocycles. The van der Waals surface area contributed by atoms with Crippen LogP contribution in [0.15, 0.2) is 65.6 Å². The average Bonchev–Trinajstić information content (AvgIpc) is 3.07. The third kappa shape index (κ3) is 4.52. The molecule has 1 fully saturated rings. The first kappa shape index (κ1) is 22.4. The number of benzene rings is 3. The van der Waals surface area contributed by atoms with Crippen LogP contribution in [0.3, 0.4) is 0 Å². The van der Waals surface area contributed by atoms with E-state index in [4.69, 9.17) is 21.7 Å². The van der Waals surface area contributed by atoms with E-state index < -0.39 is 0 Å². The first-order chi connectivity index (χ1) is 15.5. The number of hydrogen-bond acceptors (Lipinski definition) is 5. The first-order valence-corrected chi connectivity index (χ1v) is 11.9. The summed E-state index contributed by atoms with van der Waals surface area (Å²) in [5.74, 6) is 1.27. The Bertz CT molecular complexity index is 1200. The Balaban J connectivity index is 1.66. The minimum absolute atomic E-state index is 0.0944. The molecule has 1 aliphatic heterocycles. The molecule has 1 saturated heterocycles. The summed E-state index contributed by atoms with van der Waals surface area (Å²) in [6.07, 6.45) is 2.86. The predicted octanol–water partition coefficient (Wildman–Crippen LogP) is 6.82. The number of carbonyl (C=O) groups is 1. The van der Waals surface area contributed by atoms with Gasteiger partial charge >= 0.3 is 0 Å². The average molecular weight is 464 g/mol. The van der Waals surface area contributed by atoms with E-state index in [1.165, 1.54) is 11.8 Å². The zero-order valence-corrected chi connectivity index (χ0v) is 20.0. The minimum Gasteiger partial charge on any atom is -0.490 e. The molecule has 0 unspecified atom stereocenters. The highest BCUT2D eigenvalue weighted by Crippen LogP contribution is 2.39. The van der Waals surface area contributed by atoms with E-state index in [-0.39, 0.29) is 12.0 Å². The molecule has 0 N–H and O–H groups in total. The zero-order valence-electron chi connectivity index (χ0n) is 18.3. The molecular formula is C26H25NO3S2. The van der Waals surface area contributed by atoms with Crippen molar-refractivity contribution in [1.29, 1.82) is 0 Å². The van der Waals surface area contributed by atoms with Gasteiger partial charge in [0.25, 0.3) is 5.91 Å². The zero-order chi connectivity index (χ0) is 22.7. The fraction of sp³-hybridized carbons (Fsp3) is 0.231. The lowest BCUT2D eigenvalue weighted by Gasteiger charge is -2.17. The van der Waals surface area contributed by atoms with Crippen LogP contribution in [0.4, 0.5) is 5.69 Å². The molecule has 0 aliphatic carbocycles. The normalized spacial score (nSPS) is 16.1. The van der Waals surface area contributed by atoms with Gasteiger partial charge in [-0.2, -0.15) is 0 Å². The third-order valence-electron chi connectivity index (χ3n) is 5.27. The maximum absolute atomic E-state index is 13.3. The second-order valence-electron chi connectivity index (χ2n) is 7.49. The topological polar surface area (TPSA) is 38.8 Å². The molecule has 0 spiro atoms. The molecule has 0 saturated carbocycles. The van der Waals surface area contributed by atoms with E-state index in [0.717, 1.165) is 28.4 Å². The summed E-state index contributed by atoms with van der Waals surface area (Å²) >= 11 is 6.90. The number of anilines is 1. The molecule has 1 atom stereocenters. The van der Waals surface area contributed by atoms with Crippen molar-refractivity contribution in [2.45, 2.75) is 33.3 Å². The van der Waals surface area contributed by atoms with Crippen LogP contribution in [0, 0.1) is 0 Å². The lowest BCUT2D eigenvalue weighted by atomic mass is 10.1. The summed E-state index contributed by atoms with van der Waals surface area (Å²) in [4.78, 5) is 15.5. The van der Waals surface area contributed by atoms with Crippen LogP contribution >= 0.6 is 24.0 Å². The van der Waals surface area contributed by atoms with Gasteiger partial charge in [0.05, 0.1) is 23.3 Å². The SMILES string of the molecule is CCOc1cc(/C=C2\SC(=S)N(c3cccc4ccccc34)C2=O)ccc1O[C@@H](C)CC. The molecule has 4 nitrogen and oxygen atoms in total. The van der Waals surface area contributed by atoms with E-state index >= 15 is 0 Å². The number of rotatable bonds is 7. The van der Waals surface area contributed by atoms with Crippen molar-refractivity contribution in [3.63, 3.8) is 0 Å². The Kier molecular flexibility index (Phi) is 6.82. The van der Waals surface area contributed by atoms with Crippen LogP contribution in [0.2, 0.25) is 0 Å². The van der Waals surface area contributed by atoms with Crippen LogP contribution in [0.5, 0.6) is 11.5 Å². The monoisotopic (exact) mass is 463 g/mol. The molecule has 3 aromatic rings. The maximum atomic E-state index is 13.3. The third-order valence-corrected chi connectivity index (χ3v) is 6.57. The van der Waals surface area contributed by atoms with Crippen LogP contribution in [0.25, 0.3) is 16.8 Å². The van der Waals surface area contributed by atoms with Crippen LogP contribution in [-0.4, -0.2) is 22.9 Å². The van der Waals surface area contributed by atoms with E-state index in [0.29, 0.717) is 27.3 Å². The summed E-state index contributed by atoms with van der Waals surface area (Å²) < 4.78 is 12.3. The van der Waals surface area contributed by atoms with Gasteiger partial charge in [-0.05, 0) is 55.5 Å². The van der Waals surface area contributed by atoms with Gasteiger partial charge in [0.15, 0.2) is 15.8 Å². The lowest BCUT2D eigenvalue weighted by molar-refractivity contribution is -0.113. The van der Waals surface area contributed by atoms with Crippen molar-refractivity contribution in [2.75, 3.05) is 11.5 Å². The molecule has 0 radical (unpaired) electrons. The molecule has 6 heteroatoms. The maximum Gasteiger partial charge on any atom is 0.270 e. The smallest absolute Gasteiger partial charge is 0.270 e. The van der Waals surface area contributed by atoms with Crippen molar-refractivity contribution in [3.8, 4) is 11.5 Å². The van der Waals surface area contributed by atoms with Crippen molar-refractivity contribution in [1.82, 2.24) is 0 Å². The second-order valence-corrected chi connectivity index (χ2v) is 9.17. The first-order valence-electron chi connectivity index (χ1n) is 10.7. The largest absolute Gasteiger partial charge is 0.490 e. The molecule has 4 rings (SSSR count). The quantitative estimate of drug-likeness (QED) is 0.284. The summed E-state index contributed by atoms with van der Waals surface area (Å²) in [5.41, 5.74) is 1.67. The van der Waals surface area contributed by atoms with Gasteiger partial charge in [-0.1, -0.05) is 73.4 Å². The number of fused-ring (bicyclic) bond motifs is 1. The van der Waals surface area contributed by atoms with E-state index in [9.17, 15) is 4.79 Å². The lowest BCUT2D eigenvalue weighted by Crippen LogP contribution is -2.27. The van der Waals surface area contributed by atoms with Gasteiger partial charge in [0, 0.05) is 5.39 Å². The van der Waals surface area contributed by atoms with E-state index in [1.54, 1.807) is 4.90 Å². The fourth-order valence-electron chi connectivity index (χ4n) is 3.51. The molecule has 32 heavy (non-hydrogen) atoms. The van der Waals surface area contributed by atoms with Crippen molar-refractivity contribution < 1.29 is 14.3 Å². The highest BCUT2D eigenvalue weighted by Gasteiger charge is 2.34. The molecule has 1 heterocycles. The van der Waals surface area contributed by atoms with Crippen LogP contribution in [0.1, 0.15) is 32.8 Å². The molecular weight excluding hydrogens is 438 g/mol. The molecule has 3 aromatic carbocycles. The van der Waals surface area contributed by atoms with Gasteiger partial charge < -0.3 is 9.47 Å².